The molecule has 1 aliphatic rings. The number of thiazole rings is 1. The number of halogens is 4. The van der Waals surface area contributed by atoms with Crippen LogP contribution in [0.15, 0.2) is 34.6 Å². The van der Waals surface area contributed by atoms with Crippen LogP contribution in [0.25, 0.3) is 0 Å². The van der Waals surface area contributed by atoms with E-state index < -0.39 is 11.9 Å². The van der Waals surface area contributed by atoms with Crippen LogP contribution < -0.4 is 10.6 Å². The van der Waals surface area contributed by atoms with Gasteiger partial charge in [-0.2, -0.15) is 13.2 Å². The molecule has 0 aliphatic carbocycles. The quantitative estimate of drug-likeness (QED) is 0.302. The van der Waals surface area contributed by atoms with Gasteiger partial charge in [-0.1, -0.05) is 24.3 Å². The van der Waals surface area contributed by atoms with Gasteiger partial charge in [0.1, 0.15) is 5.01 Å². The maximum Gasteiger partial charge on any atom is 0.434 e. The molecule has 0 saturated carbocycles. The highest BCUT2D eigenvalue weighted by Gasteiger charge is 2.33. The summed E-state index contributed by atoms with van der Waals surface area (Å²) >= 11 is 0.981. The second kappa shape index (κ2) is 12.6. The highest BCUT2D eigenvalue weighted by atomic mass is 127. The second-order valence-corrected chi connectivity index (χ2v) is 7.77. The zero-order valence-corrected chi connectivity index (χ0v) is 20.4. The summed E-state index contributed by atoms with van der Waals surface area (Å²) < 4.78 is 43.5. The van der Waals surface area contributed by atoms with E-state index in [0.29, 0.717) is 24.1 Å². The van der Waals surface area contributed by atoms with E-state index in [2.05, 4.69) is 37.6 Å². The van der Waals surface area contributed by atoms with Gasteiger partial charge < -0.3 is 15.4 Å². The molecule has 0 amide bonds. The normalized spacial score (nSPS) is 15.4. The summed E-state index contributed by atoms with van der Waals surface area (Å²) in [4.78, 5) is 10.6. The van der Waals surface area contributed by atoms with Crippen LogP contribution in [-0.2, 0) is 30.5 Å². The number of hydrogen-bond acceptors (Lipinski definition) is 5. The minimum absolute atomic E-state index is 0. The summed E-state index contributed by atoms with van der Waals surface area (Å²) in [6.45, 7) is 7.41. The summed E-state index contributed by atoms with van der Waals surface area (Å²) in [5.41, 5.74) is 1.48. The molecule has 0 bridgehead atoms. The molecule has 3 rings (SSSR count). The van der Waals surface area contributed by atoms with Crippen molar-refractivity contribution in [1.29, 1.82) is 0 Å². The highest BCUT2D eigenvalue weighted by Crippen LogP contribution is 2.29. The van der Waals surface area contributed by atoms with E-state index in [1.807, 2.05) is 19.1 Å². The van der Waals surface area contributed by atoms with Crippen molar-refractivity contribution in [2.45, 2.75) is 32.7 Å². The molecule has 2 aromatic rings. The lowest BCUT2D eigenvalue weighted by Crippen LogP contribution is -2.37. The molecule has 1 saturated heterocycles. The van der Waals surface area contributed by atoms with E-state index in [-0.39, 0.29) is 30.5 Å². The first-order valence-electron chi connectivity index (χ1n) is 9.86. The minimum Gasteiger partial charge on any atom is -0.379 e. The zero-order chi connectivity index (χ0) is 21.4. The van der Waals surface area contributed by atoms with Crippen LogP contribution >= 0.6 is 35.3 Å². The van der Waals surface area contributed by atoms with Crippen molar-refractivity contribution in [2.24, 2.45) is 4.99 Å². The third kappa shape index (κ3) is 8.20. The number of nitrogens with one attached hydrogen (secondary N) is 2. The van der Waals surface area contributed by atoms with Gasteiger partial charge in [0.2, 0.25) is 0 Å². The monoisotopic (exact) mass is 569 g/mol. The van der Waals surface area contributed by atoms with Crippen LogP contribution in [0.5, 0.6) is 0 Å². The Bertz CT molecular complexity index is 840. The van der Waals surface area contributed by atoms with Crippen LogP contribution in [0.1, 0.15) is 28.8 Å². The molecule has 2 N–H and O–H groups in total. The topological polar surface area (TPSA) is 61.8 Å². The summed E-state index contributed by atoms with van der Waals surface area (Å²) in [7, 11) is 0. The lowest BCUT2D eigenvalue weighted by molar-refractivity contribution is -0.140. The number of morpholine rings is 1. The van der Waals surface area contributed by atoms with Crippen LogP contribution in [0.2, 0.25) is 0 Å². The predicted molar refractivity (Wildman–Crippen MR) is 127 cm³/mol. The Labute approximate surface area is 201 Å². The lowest BCUT2D eigenvalue weighted by Gasteiger charge is -2.27. The molecular weight excluding hydrogens is 542 g/mol. The number of alkyl halides is 3. The average Bonchev–Trinajstić information content (AvgIpc) is 3.21. The first kappa shape index (κ1) is 25.8. The molecule has 1 aromatic heterocycles. The van der Waals surface area contributed by atoms with Gasteiger partial charge in [-0.15, -0.1) is 35.3 Å². The van der Waals surface area contributed by atoms with Crippen molar-refractivity contribution in [1.82, 2.24) is 20.5 Å². The van der Waals surface area contributed by atoms with Gasteiger partial charge >= 0.3 is 6.18 Å². The van der Waals surface area contributed by atoms with Gasteiger partial charge in [0.15, 0.2) is 11.7 Å². The Morgan fingerprint density at radius 2 is 1.90 bits per heavy atom. The van der Waals surface area contributed by atoms with Crippen LogP contribution in [0.4, 0.5) is 13.2 Å². The Kier molecular flexibility index (Phi) is 10.5. The minimum atomic E-state index is -4.42. The number of benzene rings is 1. The Hall–Kier alpha value is -1.44. The summed E-state index contributed by atoms with van der Waals surface area (Å²) in [5.74, 6) is 0.544. The maximum absolute atomic E-state index is 12.7. The number of guanidine groups is 1. The van der Waals surface area contributed by atoms with Gasteiger partial charge in [0.05, 0.1) is 26.3 Å². The SMILES string of the molecule is CCNC(=NCc1ccccc1CN1CCOCC1)NCc1nc(C(F)(F)F)cs1.I. The van der Waals surface area contributed by atoms with Crippen molar-refractivity contribution in [3.8, 4) is 0 Å². The number of aliphatic imine (C=N–C) groups is 1. The molecule has 1 aliphatic heterocycles. The smallest absolute Gasteiger partial charge is 0.379 e. The Morgan fingerprint density at radius 3 is 2.55 bits per heavy atom. The fourth-order valence-electron chi connectivity index (χ4n) is 3.05. The molecule has 0 unspecified atom stereocenters. The maximum atomic E-state index is 12.7. The van der Waals surface area contributed by atoms with Gasteiger partial charge in [-0.3, -0.25) is 4.90 Å². The van der Waals surface area contributed by atoms with E-state index >= 15 is 0 Å². The van der Waals surface area contributed by atoms with E-state index in [4.69, 9.17) is 4.74 Å². The molecule has 6 nitrogen and oxygen atoms in total. The zero-order valence-electron chi connectivity index (χ0n) is 17.2. The molecule has 0 atom stereocenters. The van der Waals surface area contributed by atoms with E-state index in [0.717, 1.165) is 55.1 Å². The van der Waals surface area contributed by atoms with Gasteiger partial charge in [0, 0.05) is 31.6 Å². The number of rotatable bonds is 7. The molecule has 31 heavy (non-hydrogen) atoms. The van der Waals surface area contributed by atoms with Crippen LogP contribution in [0.3, 0.4) is 0 Å². The molecule has 11 heteroatoms. The highest BCUT2D eigenvalue weighted by molar-refractivity contribution is 14.0. The number of hydrogen-bond donors (Lipinski definition) is 2. The van der Waals surface area contributed by atoms with Gasteiger partial charge in [0.25, 0.3) is 0 Å². The summed E-state index contributed by atoms with van der Waals surface area (Å²) in [5, 5.41) is 7.59. The number of nitrogens with zero attached hydrogens (tertiary/aromatic N) is 3. The first-order chi connectivity index (χ1) is 14.5. The molecule has 0 spiro atoms. The van der Waals surface area contributed by atoms with E-state index in [9.17, 15) is 13.2 Å². The Morgan fingerprint density at radius 1 is 1.19 bits per heavy atom. The summed E-state index contributed by atoms with van der Waals surface area (Å²) in [6.07, 6.45) is -4.42. The third-order valence-electron chi connectivity index (χ3n) is 4.62. The molecular formula is C20H27F3IN5OS. The molecule has 2 heterocycles. The fourth-order valence-corrected chi connectivity index (χ4v) is 3.79. The molecule has 172 valence electrons. The Balaban J connectivity index is 0.00000341. The number of aromatic nitrogens is 1. The third-order valence-corrected chi connectivity index (χ3v) is 5.47. The van der Waals surface area contributed by atoms with Crippen LogP contribution in [-0.4, -0.2) is 48.7 Å². The standard InChI is InChI=1S/C20H26F3N5OS.HI/c1-2-24-19(26-12-18-27-17(14-30-18)20(21,22)23)25-11-15-5-3-4-6-16(15)13-28-7-9-29-10-8-28;/h3-6,14H,2,7-13H2,1H3,(H2,24,25,26);1H. The summed E-state index contributed by atoms with van der Waals surface area (Å²) in [6, 6.07) is 8.17. The average molecular weight is 569 g/mol. The number of ether oxygens (including phenoxy) is 1. The lowest BCUT2D eigenvalue weighted by atomic mass is 10.1. The van der Waals surface area contributed by atoms with Crippen molar-refractivity contribution >= 4 is 41.3 Å². The van der Waals surface area contributed by atoms with Gasteiger partial charge in [-0.05, 0) is 18.1 Å². The fraction of sp³-hybridized carbons (Fsp3) is 0.500. The van der Waals surface area contributed by atoms with Crippen molar-refractivity contribution in [3.63, 3.8) is 0 Å². The molecule has 1 fully saturated rings. The van der Waals surface area contributed by atoms with Crippen molar-refractivity contribution in [3.05, 3.63) is 51.5 Å². The van der Waals surface area contributed by atoms with Gasteiger partial charge in [-0.25, -0.2) is 9.98 Å². The molecule has 1 aromatic carbocycles. The van der Waals surface area contributed by atoms with E-state index in [1.54, 1.807) is 0 Å². The van der Waals surface area contributed by atoms with Crippen molar-refractivity contribution in [2.75, 3.05) is 32.8 Å². The predicted octanol–water partition coefficient (Wildman–Crippen LogP) is 3.87. The molecule has 0 radical (unpaired) electrons. The van der Waals surface area contributed by atoms with E-state index in [1.165, 1.54) is 5.56 Å². The largest absolute Gasteiger partial charge is 0.434 e. The van der Waals surface area contributed by atoms with Crippen molar-refractivity contribution < 1.29 is 17.9 Å². The van der Waals surface area contributed by atoms with Crippen LogP contribution in [0, 0.1) is 0 Å². The first-order valence-corrected chi connectivity index (χ1v) is 10.7. The second-order valence-electron chi connectivity index (χ2n) is 6.83.